The molecule has 0 aliphatic carbocycles. The number of hydrogen-bond acceptors (Lipinski definition) is 8. The molecule has 0 fully saturated rings. The Hall–Kier alpha value is -3.68. The standard InChI is InChI=1S/C24H28O8/c1-15(25)31-13-19-11-21(27-3)9-17(23(19)29-5)7-8-18-10-22(28-4)12-20(24(18)30-6)14-32-16(2)26/h7-12H,13-14H2,1-6H3/b8-7+. The molecule has 0 aromatic heterocycles. The molecule has 8 nitrogen and oxygen atoms in total. The molecule has 0 amide bonds. The van der Waals surface area contributed by atoms with Crippen LogP contribution >= 0.6 is 0 Å². The van der Waals surface area contributed by atoms with E-state index in [2.05, 4.69) is 0 Å². The third-order valence-electron chi connectivity index (χ3n) is 4.52. The molecule has 0 N–H and O–H groups in total. The summed E-state index contributed by atoms with van der Waals surface area (Å²) in [5.41, 5.74) is 2.74. The van der Waals surface area contributed by atoms with Crippen LogP contribution in [0, 0.1) is 0 Å². The Kier molecular flexibility index (Phi) is 8.95. The van der Waals surface area contributed by atoms with Crippen molar-refractivity contribution < 1.29 is 38.0 Å². The number of carbonyl (C=O) groups excluding carboxylic acids is 2. The minimum absolute atomic E-state index is 0.0472. The lowest BCUT2D eigenvalue weighted by Crippen LogP contribution is -2.03. The van der Waals surface area contributed by atoms with Gasteiger partial charge in [-0.3, -0.25) is 9.59 Å². The first-order chi connectivity index (χ1) is 15.3. The van der Waals surface area contributed by atoms with Crippen LogP contribution in [0.3, 0.4) is 0 Å². The lowest BCUT2D eigenvalue weighted by Gasteiger charge is -2.15. The zero-order valence-corrected chi connectivity index (χ0v) is 19.1. The average Bonchev–Trinajstić information content (AvgIpc) is 2.78. The van der Waals surface area contributed by atoms with Gasteiger partial charge in [0.2, 0.25) is 0 Å². The van der Waals surface area contributed by atoms with Gasteiger partial charge in [0.1, 0.15) is 36.2 Å². The van der Waals surface area contributed by atoms with Crippen LogP contribution in [0.25, 0.3) is 12.2 Å². The van der Waals surface area contributed by atoms with Crippen molar-refractivity contribution in [2.45, 2.75) is 27.1 Å². The van der Waals surface area contributed by atoms with E-state index in [4.69, 9.17) is 28.4 Å². The van der Waals surface area contributed by atoms with Crippen molar-refractivity contribution in [2.75, 3.05) is 28.4 Å². The van der Waals surface area contributed by atoms with Crippen LogP contribution in [0.1, 0.15) is 36.1 Å². The molecule has 32 heavy (non-hydrogen) atoms. The summed E-state index contributed by atoms with van der Waals surface area (Å²) in [6, 6.07) is 7.11. The third-order valence-corrected chi connectivity index (χ3v) is 4.52. The van der Waals surface area contributed by atoms with Gasteiger partial charge in [-0.25, -0.2) is 0 Å². The minimum Gasteiger partial charge on any atom is -0.497 e. The summed E-state index contributed by atoms with van der Waals surface area (Å²) in [5, 5.41) is 0. The Morgan fingerprint density at radius 1 is 0.656 bits per heavy atom. The normalized spacial score (nSPS) is 10.6. The lowest BCUT2D eigenvalue weighted by atomic mass is 10.0. The smallest absolute Gasteiger partial charge is 0.302 e. The highest BCUT2D eigenvalue weighted by Gasteiger charge is 2.15. The molecule has 2 rings (SSSR count). The van der Waals surface area contributed by atoms with Crippen molar-refractivity contribution in [1.82, 2.24) is 0 Å². The molecular weight excluding hydrogens is 416 g/mol. The fourth-order valence-electron chi connectivity index (χ4n) is 3.10. The molecule has 2 aromatic rings. The van der Waals surface area contributed by atoms with Crippen molar-refractivity contribution in [3.8, 4) is 23.0 Å². The lowest BCUT2D eigenvalue weighted by molar-refractivity contribution is -0.143. The zero-order valence-electron chi connectivity index (χ0n) is 19.1. The van der Waals surface area contributed by atoms with Gasteiger partial charge in [-0.1, -0.05) is 12.2 Å². The fourth-order valence-corrected chi connectivity index (χ4v) is 3.10. The van der Waals surface area contributed by atoms with Gasteiger partial charge in [-0.05, 0) is 24.3 Å². The Bertz CT molecular complexity index is 914. The van der Waals surface area contributed by atoms with Crippen LogP contribution in [-0.2, 0) is 32.3 Å². The molecule has 2 aromatic carbocycles. The van der Waals surface area contributed by atoms with Gasteiger partial charge >= 0.3 is 11.9 Å². The van der Waals surface area contributed by atoms with E-state index in [1.807, 2.05) is 12.2 Å². The average molecular weight is 444 g/mol. The molecule has 0 heterocycles. The molecule has 172 valence electrons. The monoisotopic (exact) mass is 444 g/mol. The number of esters is 2. The number of ether oxygens (including phenoxy) is 6. The van der Waals surface area contributed by atoms with E-state index >= 15 is 0 Å². The predicted molar refractivity (Wildman–Crippen MR) is 119 cm³/mol. The summed E-state index contributed by atoms with van der Waals surface area (Å²) in [7, 11) is 6.19. The van der Waals surface area contributed by atoms with E-state index in [9.17, 15) is 9.59 Å². The van der Waals surface area contributed by atoms with Crippen LogP contribution in [-0.4, -0.2) is 40.4 Å². The van der Waals surface area contributed by atoms with Crippen molar-refractivity contribution in [2.24, 2.45) is 0 Å². The number of rotatable bonds is 10. The maximum atomic E-state index is 11.3. The second-order valence-corrected chi connectivity index (χ2v) is 6.71. The Labute approximate surface area is 187 Å². The Morgan fingerprint density at radius 3 is 1.31 bits per heavy atom. The van der Waals surface area contributed by atoms with Crippen LogP contribution in [0.2, 0.25) is 0 Å². The molecule has 0 saturated heterocycles. The third kappa shape index (κ3) is 6.41. The fraction of sp³-hybridized carbons (Fsp3) is 0.333. The quantitative estimate of drug-likeness (QED) is 0.401. The van der Waals surface area contributed by atoms with Gasteiger partial charge in [0.15, 0.2) is 0 Å². The van der Waals surface area contributed by atoms with Gasteiger partial charge in [-0.2, -0.15) is 0 Å². The van der Waals surface area contributed by atoms with Crippen LogP contribution in [0.4, 0.5) is 0 Å². The topological polar surface area (TPSA) is 89.5 Å². The molecule has 0 radical (unpaired) electrons. The first-order valence-corrected chi connectivity index (χ1v) is 9.77. The summed E-state index contributed by atoms with van der Waals surface area (Å²) in [4.78, 5) is 22.5. The molecule has 0 saturated carbocycles. The maximum Gasteiger partial charge on any atom is 0.302 e. The van der Waals surface area contributed by atoms with Crippen molar-refractivity contribution >= 4 is 24.1 Å². The molecule has 0 aliphatic rings. The highest BCUT2D eigenvalue weighted by atomic mass is 16.5. The van der Waals surface area contributed by atoms with Gasteiger partial charge in [0.05, 0.1) is 28.4 Å². The van der Waals surface area contributed by atoms with Crippen molar-refractivity contribution in [1.29, 1.82) is 0 Å². The number of methoxy groups -OCH3 is 4. The second-order valence-electron chi connectivity index (χ2n) is 6.71. The van der Waals surface area contributed by atoms with Crippen molar-refractivity contribution in [3.05, 3.63) is 46.5 Å². The molecule has 0 bridgehead atoms. The van der Waals surface area contributed by atoms with Gasteiger partial charge in [0.25, 0.3) is 0 Å². The van der Waals surface area contributed by atoms with E-state index in [0.717, 1.165) is 0 Å². The second kappa shape index (κ2) is 11.6. The molecule has 0 atom stereocenters. The first kappa shape index (κ1) is 24.6. The molecule has 0 aliphatic heterocycles. The molecule has 8 heteroatoms. The largest absolute Gasteiger partial charge is 0.497 e. The first-order valence-electron chi connectivity index (χ1n) is 9.77. The molecular formula is C24H28O8. The Balaban J connectivity index is 2.53. The number of hydrogen-bond donors (Lipinski definition) is 0. The van der Waals surface area contributed by atoms with E-state index < -0.39 is 11.9 Å². The Morgan fingerprint density at radius 2 is 1.03 bits per heavy atom. The predicted octanol–water partition coefficient (Wildman–Crippen LogP) is 4.02. The van der Waals surface area contributed by atoms with Gasteiger partial charge < -0.3 is 28.4 Å². The van der Waals surface area contributed by atoms with Gasteiger partial charge in [-0.15, -0.1) is 0 Å². The van der Waals surface area contributed by atoms with Crippen LogP contribution in [0.15, 0.2) is 24.3 Å². The van der Waals surface area contributed by atoms with Crippen LogP contribution < -0.4 is 18.9 Å². The number of carbonyl (C=O) groups is 2. The minimum atomic E-state index is -0.395. The van der Waals surface area contributed by atoms with Crippen LogP contribution in [0.5, 0.6) is 23.0 Å². The summed E-state index contributed by atoms with van der Waals surface area (Å²) in [6.07, 6.45) is 3.65. The van der Waals surface area contributed by atoms with E-state index in [1.54, 1.807) is 52.7 Å². The van der Waals surface area contributed by atoms with Crippen molar-refractivity contribution in [3.63, 3.8) is 0 Å². The zero-order chi connectivity index (χ0) is 23.7. The highest BCUT2D eigenvalue weighted by molar-refractivity contribution is 5.78. The number of benzene rings is 2. The summed E-state index contributed by atoms with van der Waals surface area (Å²) in [6.45, 7) is 2.78. The summed E-state index contributed by atoms with van der Waals surface area (Å²) < 4.78 is 32.2. The highest BCUT2D eigenvalue weighted by Crippen LogP contribution is 2.35. The van der Waals surface area contributed by atoms with Gasteiger partial charge in [0, 0.05) is 36.1 Å². The SMILES string of the molecule is COc1cc(/C=C/c2cc(OC)cc(COC(C)=O)c2OC)c(OC)c(COC(C)=O)c1. The molecule has 0 unspecified atom stereocenters. The summed E-state index contributed by atoms with van der Waals surface area (Å²) >= 11 is 0. The van der Waals surface area contributed by atoms with E-state index in [-0.39, 0.29) is 13.2 Å². The maximum absolute atomic E-state index is 11.3. The summed E-state index contributed by atoms with van der Waals surface area (Å²) in [5.74, 6) is 1.47. The molecule has 0 spiro atoms. The van der Waals surface area contributed by atoms with E-state index in [0.29, 0.717) is 45.3 Å². The van der Waals surface area contributed by atoms with E-state index in [1.165, 1.54) is 13.8 Å².